The maximum absolute atomic E-state index is 12.7. The van der Waals surface area contributed by atoms with Crippen molar-refractivity contribution in [1.29, 1.82) is 0 Å². The third-order valence-corrected chi connectivity index (χ3v) is 5.77. The van der Waals surface area contributed by atoms with Crippen molar-refractivity contribution in [2.75, 3.05) is 13.1 Å². The lowest BCUT2D eigenvalue weighted by Crippen LogP contribution is -2.44. The van der Waals surface area contributed by atoms with Crippen molar-refractivity contribution in [3.63, 3.8) is 0 Å². The molecule has 6 heteroatoms. The van der Waals surface area contributed by atoms with Gasteiger partial charge in [-0.15, -0.1) is 0 Å². The molecule has 0 radical (unpaired) electrons. The summed E-state index contributed by atoms with van der Waals surface area (Å²) in [6, 6.07) is 7.41. The number of likely N-dealkylation sites (tertiary alicyclic amines) is 1. The fourth-order valence-electron chi connectivity index (χ4n) is 4.26. The second-order valence-corrected chi connectivity index (χ2v) is 7.67. The van der Waals surface area contributed by atoms with Gasteiger partial charge in [0.05, 0.1) is 12.1 Å². The Bertz CT molecular complexity index is 853. The molecular weight excluding hydrogens is 362 g/mol. The van der Waals surface area contributed by atoms with Crippen LogP contribution < -0.4 is 4.74 Å². The number of halogens is 2. The number of allylic oxidation sites excluding steroid dienone is 2. The number of hydrogen-bond acceptors (Lipinski definition) is 2. The topological polar surface area (TPSA) is 34.5 Å². The highest BCUT2D eigenvalue weighted by Gasteiger charge is 2.29. The first kappa shape index (κ1) is 19.0. The molecular formula is C22H26F2N2O2. The molecule has 1 aliphatic heterocycles. The monoisotopic (exact) mass is 388 g/mol. The van der Waals surface area contributed by atoms with E-state index >= 15 is 0 Å². The molecule has 0 saturated carbocycles. The number of nitrogens with zero attached hydrogens (tertiary/aromatic N) is 2. The van der Waals surface area contributed by atoms with Gasteiger partial charge in [0.2, 0.25) is 5.91 Å². The normalized spacial score (nSPS) is 20.8. The van der Waals surface area contributed by atoms with Crippen molar-refractivity contribution < 1.29 is 18.3 Å². The molecule has 1 aromatic heterocycles. The van der Waals surface area contributed by atoms with E-state index in [2.05, 4.69) is 12.2 Å². The summed E-state index contributed by atoms with van der Waals surface area (Å²) in [7, 11) is 0. The van der Waals surface area contributed by atoms with Crippen LogP contribution in [0.15, 0.2) is 42.6 Å². The van der Waals surface area contributed by atoms with E-state index in [1.807, 2.05) is 29.2 Å². The summed E-state index contributed by atoms with van der Waals surface area (Å²) < 4.78 is 33.3. The molecule has 1 saturated heterocycles. The Morgan fingerprint density at radius 2 is 1.96 bits per heavy atom. The predicted molar refractivity (Wildman–Crippen MR) is 105 cm³/mol. The van der Waals surface area contributed by atoms with Crippen molar-refractivity contribution in [3.8, 4) is 5.75 Å². The zero-order chi connectivity index (χ0) is 19.5. The van der Waals surface area contributed by atoms with Crippen molar-refractivity contribution >= 4 is 16.8 Å². The number of carbonyl (C=O) groups excluding carboxylic acids is 1. The summed E-state index contributed by atoms with van der Waals surface area (Å²) in [4.78, 5) is 14.6. The van der Waals surface area contributed by atoms with Gasteiger partial charge in [-0.05, 0) is 37.5 Å². The molecule has 1 amide bonds. The summed E-state index contributed by atoms with van der Waals surface area (Å²) >= 11 is 0. The predicted octanol–water partition coefficient (Wildman–Crippen LogP) is 4.63. The molecule has 1 aliphatic carbocycles. The molecule has 1 fully saturated rings. The van der Waals surface area contributed by atoms with Crippen molar-refractivity contribution in [3.05, 3.63) is 42.6 Å². The van der Waals surface area contributed by atoms with Crippen LogP contribution in [0.25, 0.3) is 10.9 Å². The summed E-state index contributed by atoms with van der Waals surface area (Å²) in [5.41, 5.74) is 0.760. The van der Waals surface area contributed by atoms with Crippen LogP contribution in [0.1, 0.15) is 32.1 Å². The molecule has 4 nitrogen and oxygen atoms in total. The summed E-state index contributed by atoms with van der Waals surface area (Å²) in [5, 5.41) is 0.857. The molecule has 0 spiro atoms. The van der Waals surface area contributed by atoms with Crippen molar-refractivity contribution in [2.45, 2.75) is 51.2 Å². The summed E-state index contributed by atoms with van der Waals surface area (Å²) in [6.45, 7) is 1.11. The molecule has 28 heavy (non-hydrogen) atoms. The minimum atomic E-state index is -2.39. The maximum atomic E-state index is 12.7. The lowest BCUT2D eigenvalue weighted by atomic mass is 9.92. The first-order valence-corrected chi connectivity index (χ1v) is 10.1. The largest absolute Gasteiger partial charge is 0.490 e. The van der Waals surface area contributed by atoms with Gasteiger partial charge >= 0.3 is 0 Å². The maximum Gasteiger partial charge on any atom is 0.256 e. The third-order valence-electron chi connectivity index (χ3n) is 5.77. The number of piperidine rings is 1. The van der Waals surface area contributed by atoms with Crippen LogP contribution >= 0.6 is 0 Å². The van der Waals surface area contributed by atoms with Gasteiger partial charge in [-0.25, -0.2) is 8.78 Å². The highest BCUT2D eigenvalue weighted by Crippen LogP contribution is 2.30. The molecule has 0 bridgehead atoms. The van der Waals surface area contributed by atoms with E-state index in [1.54, 1.807) is 10.8 Å². The molecule has 0 N–H and O–H groups in total. The van der Waals surface area contributed by atoms with Gasteiger partial charge in [0, 0.05) is 43.4 Å². The Kier molecular flexibility index (Phi) is 5.64. The molecule has 1 aromatic carbocycles. The molecule has 150 valence electrons. The summed E-state index contributed by atoms with van der Waals surface area (Å²) in [6.07, 6.45) is 7.98. The fraction of sp³-hybridized carbons (Fsp3) is 0.500. The van der Waals surface area contributed by atoms with E-state index < -0.39 is 6.43 Å². The van der Waals surface area contributed by atoms with E-state index in [-0.39, 0.29) is 24.5 Å². The minimum Gasteiger partial charge on any atom is -0.490 e. The van der Waals surface area contributed by atoms with E-state index in [9.17, 15) is 13.6 Å². The van der Waals surface area contributed by atoms with Crippen LogP contribution in [0.4, 0.5) is 8.78 Å². The smallest absolute Gasteiger partial charge is 0.256 e. The van der Waals surface area contributed by atoms with Crippen LogP contribution in [-0.2, 0) is 11.3 Å². The highest BCUT2D eigenvalue weighted by molar-refractivity contribution is 5.86. The van der Waals surface area contributed by atoms with Crippen molar-refractivity contribution in [1.82, 2.24) is 9.47 Å². The molecule has 1 unspecified atom stereocenters. The van der Waals surface area contributed by atoms with Crippen LogP contribution in [0.2, 0.25) is 0 Å². The number of rotatable bonds is 5. The first-order valence-electron chi connectivity index (χ1n) is 10.1. The van der Waals surface area contributed by atoms with Crippen LogP contribution in [0, 0.1) is 5.92 Å². The standard InChI is InChI=1S/C22H26F2N2O2/c23-21(24)15-26-14-11-18-19(26)7-4-8-20(18)28-17-9-12-25(13-10-17)22(27)16-5-2-1-3-6-16/h1-2,4,7-8,11,14,16-17,21H,3,5-6,9-10,12-13,15H2. The third kappa shape index (κ3) is 4.05. The average Bonchev–Trinajstić information content (AvgIpc) is 3.12. The van der Waals surface area contributed by atoms with E-state index in [0.29, 0.717) is 13.1 Å². The molecule has 2 heterocycles. The van der Waals surface area contributed by atoms with Gasteiger partial charge in [0.25, 0.3) is 6.43 Å². The Morgan fingerprint density at radius 1 is 1.14 bits per heavy atom. The van der Waals surface area contributed by atoms with Gasteiger partial charge in [0.1, 0.15) is 11.9 Å². The molecule has 2 aromatic rings. The number of alkyl halides is 2. The summed E-state index contributed by atoms with van der Waals surface area (Å²) in [5.74, 6) is 1.13. The van der Waals surface area contributed by atoms with E-state index in [0.717, 1.165) is 48.8 Å². The Hall–Kier alpha value is -2.37. The van der Waals surface area contributed by atoms with Gasteiger partial charge in [0.15, 0.2) is 0 Å². The lowest BCUT2D eigenvalue weighted by molar-refractivity contribution is -0.137. The van der Waals surface area contributed by atoms with E-state index in [1.165, 1.54) is 0 Å². The van der Waals surface area contributed by atoms with Crippen molar-refractivity contribution in [2.24, 2.45) is 5.92 Å². The lowest BCUT2D eigenvalue weighted by Gasteiger charge is -2.34. The quantitative estimate of drug-likeness (QED) is 0.700. The second kappa shape index (κ2) is 8.33. The zero-order valence-corrected chi connectivity index (χ0v) is 15.9. The number of aromatic nitrogens is 1. The SMILES string of the molecule is O=C(C1CC=CCC1)N1CCC(Oc2cccc3c2ccn3CC(F)F)CC1. The van der Waals surface area contributed by atoms with E-state index in [4.69, 9.17) is 4.74 Å². The zero-order valence-electron chi connectivity index (χ0n) is 15.9. The van der Waals surface area contributed by atoms with Gasteiger partial charge < -0.3 is 14.2 Å². The fourth-order valence-corrected chi connectivity index (χ4v) is 4.26. The Labute approximate surface area is 163 Å². The number of fused-ring (bicyclic) bond motifs is 1. The molecule has 4 rings (SSSR count). The number of ether oxygens (including phenoxy) is 1. The number of benzene rings is 1. The van der Waals surface area contributed by atoms with Crippen LogP contribution in [0.3, 0.4) is 0 Å². The second-order valence-electron chi connectivity index (χ2n) is 7.67. The van der Waals surface area contributed by atoms with Crippen LogP contribution in [0.5, 0.6) is 5.75 Å². The molecule has 2 aliphatic rings. The van der Waals surface area contributed by atoms with Gasteiger partial charge in [-0.2, -0.15) is 0 Å². The highest BCUT2D eigenvalue weighted by atomic mass is 19.3. The number of hydrogen-bond donors (Lipinski definition) is 0. The van der Waals surface area contributed by atoms with Gasteiger partial charge in [-0.3, -0.25) is 4.79 Å². The Balaban J connectivity index is 1.38. The Morgan fingerprint density at radius 3 is 2.68 bits per heavy atom. The van der Waals surface area contributed by atoms with Crippen LogP contribution in [-0.4, -0.2) is 41.0 Å². The molecule has 1 atom stereocenters. The number of carbonyl (C=O) groups is 1. The number of amides is 1. The minimum absolute atomic E-state index is 0.0411. The first-order chi connectivity index (χ1) is 13.6. The van der Waals surface area contributed by atoms with Gasteiger partial charge in [-0.1, -0.05) is 18.2 Å². The average molecular weight is 388 g/mol.